The number of aryl methyl sites for hydroxylation is 1. The third kappa shape index (κ3) is 2.46. The summed E-state index contributed by atoms with van der Waals surface area (Å²) in [7, 11) is 3.76. The zero-order chi connectivity index (χ0) is 16.0. The van der Waals surface area contributed by atoms with E-state index in [0.717, 1.165) is 25.2 Å². The highest BCUT2D eigenvalue weighted by molar-refractivity contribution is 5.96. The van der Waals surface area contributed by atoms with E-state index < -0.39 is 0 Å². The van der Waals surface area contributed by atoms with Crippen LogP contribution in [0.3, 0.4) is 0 Å². The van der Waals surface area contributed by atoms with Gasteiger partial charge in [-0.15, -0.1) is 0 Å². The summed E-state index contributed by atoms with van der Waals surface area (Å²) in [5.74, 6) is 0.420. The molecule has 0 aromatic carbocycles. The molecule has 0 aliphatic carbocycles. The Morgan fingerprint density at radius 1 is 1.35 bits per heavy atom. The molecule has 1 fully saturated rings. The Morgan fingerprint density at radius 2 is 2.22 bits per heavy atom. The lowest BCUT2D eigenvalue weighted by atomic mass is 10.2. The van der Waals surface area contributed by atoms with Gasteiger partial charge in [0.25, 0.3) is 5.91 Å². The van der Waals surface area contributed by atoms with Crippen LogP contribution in [0.2, 0.25) is 0 Å². The molecule has 7 nitrogen and oxygen atoms in total. The van der Waals surface area contributed by atoms with Crippen molar-refractivity contribution in [1.29, 1.82) is 0 Å². The van der Waals surface area contributed by atoms with Gasteiger partial charge in [0.2, 0.25) is 5.88 Å². The van der Waals surface area contributed by atoms with E-state index in [1.54, 1.807) is 27.9 Å². The van der Waals surface area contributed by atoms with E-state index in [4.69, 9.17) is 4.74 Å². The van der Waals surface area contributed by atoms with Gasteiger partial charge in [0, 0.05) is 51.7 Å². The maximum Gasteiger partial charge on any atom is 0.259 e. The van der Waals surface area contributed by atoms with Gasteiger partial charge in [-0.3, -0.25) is 14.4 Å². The van der Waals surface area contributed by atoms with E-state index in [1.807, 2.05) is 26.5 Å². The van der Waals surface area contributed by atoms with Gasteiger partial charge >= 0.3 is 0 Å². The van der Waals surface area contributed by atoms with Crippen LogP contribution in [-0.4, -0.2) is 62.8 Å². The minimum absolute atomic E-state index is 0.0242. The number of hydrogen-bond acceptors (Lipinski definition) is 5. The third-order valence-electron chi connectivity index (χ3n) is 4.56. The zero-order valence-corrected chi connectivity index (χ0v) is 13.2. The van der Waals surface area contributed by atoms with Crippen LogP contribution in [-0.2, 0) is 13.6 Å². The number of pyridine rings is 1. The van der Waals surface area contributed by atoms with E-state index >= 15 is 0 Å². The molecule has 0 N–H and O–H groups in total. The molecular weight excluding hydrogens is 294 g/mol. The maximum absolute atomic E-state index is 12.6. The van der Waals surface area contributed by atoms with Gasteiger partial charge < -0.3 is 9.64 Å². The second-order valence-electron chi connectivity index (χ2n) is 6.21. The van der Waals surface area contributed by atoms with E-state index in [-0.39, 0.29) is 18.1 Å². The summed E-state index contributed by atoms with van der Waals surface area (Å²) < 4.78 is 7.86. The number of fused-ring (bicyclic) bond motifs is 2. The number of amides is 1. The lowest BCUT2D eigenvalue weighted by Crippen LogP contribution is -2.44. The summed E-state index contributed by atoms with van der Waals surface area (Å²) in [6.45, 7) is 2.37. The molecule has 4 rings (SSSR count). The molecule has 2 aliphatic rings. The van der Waals surface area contributed by atoms with Gasteiger partial charge in [0.05, 0.1) is 12.2 Å². The van der Waals surface area contributed by atoms with E-state index in [2.05, 4.69) is 15.0 Å². The van der Waals surface area contributed by atoms with Crippen molar-refractivity contribution >= 4 is 5.91 Å². The Bertz CT molecular complexity index is 744. The Labute approximate surface area is 134 Å². The highest BCUT2D eigenvalue weighted by Gasteiger charge is 2.42. The first kappa shape index (κ1) is 14.2. The highest BCUT2D eigenvalue weighted by atomic mass is 16.5. The quantitative estimate of drug-likeness (QED) is 0.809. The number of aromatic nitrogens is 3. The summed E-state index contributed by atoms with van der Waals surface area (Å²) in [5.41, 5.74) is 1.71. The number of carbonyl (C=O) groups is 1. The molecule has 4 heterocycles. The molecule has 0 bridgehead atoms. The largest absolute Gasteiger partial charge is 0.470 e. The van der Waals surface area contributed by atoms with Crippen LogP contribution < -0.4 is 4.74 Å². The van der Waals surface area contributed by atoms with E-state index in [0.29, 0.717) is 11.4 Å². The maximum atomic E-state index is 12.6. The Hall–Kier alpha value is -2.41. The minimum atomic E-state index is -0.0585. The lowest BCUT2D eigenvalue weighted by Gasteiger charge is -2.25. The van der Waals surface area contributed by atoms with Crippen LogP contribution in [0, 0.1) is 0 Å². The molecule has 2 aliphatic heterocycles. The average molecular weight is 313 g/mol. The second-order valence-corrected chi connectivity index (χ2v) is 6.21. The fourth-order valence-electron chi connectivity index (χ4n) is 3.39. The highest BCUT2D eigenvalue weighted by Crippen LogP contribution is 2.29. The Morgan fingerprint density at radius 3 is 3.00 bits per heavy atom. The van der Waals surface area contributed by atoms with Gasteiger partial charge in [-0.05, 0) is 12.1 Å². The Kier molecular flexibility index (Phi) is 3.30. The smallest absolute Gasteiger partial charge is 0.259 e. The van der Waals surface area contributed by atoms with Crippen molar-refractivity contribution in [3.63, 3.8) is 0 Å². The number of hydrogen-bond donors (Lipinski definition) is 0. The normalized spacial score (nSPS) is 24.1. The molecule has 2 aromatic heterocycles. The van der Waals surface area contributed by atoms with Gasteiger partial charge in [0.1, 0.15) is 11.7 Å². The fourth-order valence-corrected chi connectivity index (χ4v) is 3.39. The van der Waals surface area contributed by atoms with Gasteiger partial charge in [-0.25, -0.2) is 4.98 Å². The molecule has 0 unspecified atom stereocenters. The molecule has 1 saturated heterocycles. The number of nitrogens with zero attached hydrogens (tertiary/aromatic N) is 5. The summed E-state index contributed by atoms with van der Waals surface area (Å²) >= 11 is 0. The predicted octanol–water partition coefficient (Wildman–Crippen LogP) is 0.532. The first-order chi connectivity index (χ1) is 11.1. The SMILES string of the molecule is CN1C(=O)c2cccnc2O[C@H]2CN(Cc3cnn(C)c3)C[C@H]21. The second kappa shape index (κ2) is 5.34. The van der Waals surface area contributed by atoms with Crippen LogP contribution in [0.15, 0.2) is 30.7 Å². The van der Waals surface area contributed by atoms with Crippen LogP contribution in [0.1, 0.15) is 15.9 Å². The number of ether oxygens (including phenoxy) is 1. The van der Waals surface area contributed by atoms with Crippen LogP contribution >= 0.6 is 0 Å². The van der Waals surface area contributed by atoms with Crippen molar-refractivity contribution in [2.75, 3.05) is 20.1 Å². The van der Waals surface area contributed by atoms with Gasteiger partial charge in [0.15, 0.2) is 0 Å². The van der Waals surface area contributed by atoms with Crippen molar-refractivity contribution in [2.45, 2.75) is 18.7 Å². The molecule has 7 heteroatoms. The number of likely N-dealkylation sites (N-methyl/N-ethyl adjacent to an activating group) is 1. The van der Waals surface area contributed by atoms with Crippen LogP contribution in [0.25, 0.3) is 0 Å². The minimum Gasteiger partial charge on any atom is -0.470 e. The van der Waals surface area contributed by atoms with Gasteiger partial charge in [-0.1, -0.05) is 0 Å². The molecule has 120 valence electrons. The molecular formula is C16H19N5O2. The monoisotopic (exact) mass is 313 g/mol. The molecule has 2 atom stereocenters. The summed E-state index contributed by atoms with van der Waals surface area (Å²) in [5, 5.41) is 4.21. The first-order valence-corrected chi connectivity index (χ1v) is 7.70. The molecule has 0 spiro atoms. The van der Waals surface area contributed by atoms with Crippen molar-refractivity contribution in [1.82, 2.24) is 24.6 Å². The summed E-state index contributed by atoms with van der Waals surface area (Å²) in [6.07, 6.45) is 5.49. The molecule has 0 saturated carbocycles. The molecule has 23 heavy (non-hydrogen) atoms. The van der Waals surface area contributed by atoms with E-state index in [1.165, 1.54) is 0 Å². The van der Waals surface area contributed by atoms with Crippen molar-refractivity contribution in [2.24, 2.45) is 7.05 Å². The third-order valence-corrected chi connectivity index (χ3v) is 4.56. The number of carbonyl (C=O) groups excluding carboxylic acids is 1. The Balaban J connectivity index is 1.56. The zero-order valence-electron chi connectivity index (χ0n) is 13.2. The molecule has 1 amide bonds. The van der Waals surface area contributed by atoms with Crippen molar-refractivity contribution < 1.29 is 9.53 Å². The molecule has 0 radical (unpaired) electrons. The first-order valence-electron chi connectivity index (χ1n) is 7.70. The summed E-state index contributed by atoms with van der Waals surface area (Å²) in [4.78, 5) is 20.9. The van der Waals surface area contributed by atoms with Crippen LogP contribution in [0.5, 0.6) is 5.88 Å². The number of rotatable bonds is 2. The standard InChI is InChI=1S/C16H19N5O2/c1-19-7-11(6-18-19)8-21-9-13-14(10-21)23-15-12(4-3-5-17-15)16(22)20(13)2/h3-7,13-14H,8-10H2,1-2H3/t13-,14+/m1/s1. The van der Waals surface area contributed by atoms with Crippen LogP contribution in [0.4, 0.5) is 0 Å². The predicted molar refractivity (Wildman–Crippen MR) is 83.0 cm³/mol. The topological polar surface area (TPSA) is 63.5 Å². The van der Waals surface area contributed by atoms with Gasteiger partial charge in [-0.2, -0.15) is 5.10 Å². The number of likely N-dealkylation sites (tertiary alicyclic amines) is 1. The summed E-state index contributed by atoms with van der Waals surface area (Å²) in [6, 6.07) is 3.58. The van der Waals surface area contributed by atoms with Crippen molar-refractivity contribution in [3.05, 3.63) is 41.9 Å². The fraction of sp³-hybridized carbons (Fsp3) is 0.438. The van der Waals surface area contributed by atoms with Crippen molar-refractivity contribution in [3.8, 4) is 5.88 Å². The molecule has 2 aromatic rings. The average Bonchev–Trinajstić information content (AvgIpc) is 3.11. The van der Waals surface area contributed by atoms with E-state index in [9.17, 15) is 4.79 Å². The lowest BCUT2D eigenvalue weighted by molar-refractivity contribution is 0.0680.